The van der Waals surface area contributed by atoms with Crippen LogP contribution in [0.3, 0.4) is 0 Å². The van der Waals surface area contributed by atoms with E-state index in [4.69, 9.17) is 31.2 Å². The molecule has 3 aromatic rings. The Balaban J connectivity index is 2.04. The van der Waals surface area contributed by atoms with Crippen LogP contribution in [0.25, 0.3) is 11.4 Å². The quantitative estimate of drug-likeness (QED) is 0.483. The van der Waals surface area contributed by atoms with Gasteiger partial charge >= 0.3 is 0 Å². The van der Waals surface area contributed by atoms with Crippen LogP contribution in [-0.2, 0) is 0 Å². The fraction of sp³-hybridized carbons (Fsp3) is 0.211. The summed E-state index contributed by atoms with van der Waals surface area (Å²) >= 11 is 5.33. The highest BCUT2D eigenvalue weighted by atomic mass is 32.1. The van der Waals surface area contributed by atoms with Crippen molar-refractivity contribution in [2.75, 3.05) is 28.4 Å². The molecular weight excluding hydrogens is 380 g/mol. The number of ether oxygens (including phenoxy) is 4. The van der Waals surface area contributed by atoms with Crippen molar-refractivity contribution >= 4 is 18.4 Å². The maximum atomic E-state index is 5.43. The van der Waals surface area contributed by atoms with E-state index in [1.807, 2.05) is 30.3 Å². The first-order chi connectivity index (χ1) is 13.6. The van der Waals surface area contributed by atoms with Crippen LogP contribution in [0.1, 0.15) is 5.56 Å². The number of methoxy groups -OCH3 is 4. The summed E-state index contributed by atoms with van der Waals surface area (Å²) < 4.78 is 23.3. The average molecular weight is 400 g/mol. The number of para-hydroxylation sites is 1. The Morgan fingerprint density at radius 2 is 1.71 bits per heavy atom. The molecule has 1 heterocycles. The van der Waals surface area contributed by atoms with Crippen molar-refractivity contribution in [2.45, 2.75) is 0 Å². The lowest BCUT2D eigenvalue weighted by Gasteiger charge is -2.10. The molecule has 0 fully saturated rings. The van der Waals surface area contributed by atoms with E-state index in [9.17, 15) is 0 Å². The maximum Gasteiger partial charge on any atom is 0.216 e. The van der Waals surface area contributed by atoms with Gasteiger partial charge in [-0.15, -0.1) is 0 Å². The lowest BCUT2D eigenvalue weighted by molar-refractivity contribution is 0.354. The molecule has 0 radical (unpaired) electrons. The van der Waals surface area contributed by atoms with E-state index in [1.54, 1.807) is 40.7 Å². The molecule has 0 aliphatic rings. The molecular formula is C19H20N4O4S. The molecule has 1 N–H and O–H groups in total. The second-order valence-corrected chi connectivity index (χ2v) is 5.95. The van der Waals surface area contributed by atoms with E-state index in [2.05, 4.69) is 15.3 Å². The van der Waals surface area contributed by atoms with E-state index in [-0.39, 0.29) is 0 Å². The van der Waals surface area contributed by atoms with Gasteiger partial charge in [0.2, 0.25) is 4.77 Å². The Bertz CT molecular complexity index is 1060. The van der Waals surface area contributed by atoms with Gasteiger partial charge in [0.25, 0.3) is 0 Å². The minimum atomic E-state index is 0.350. The molecule has 0 atom stereocenters. The average Bonchev–Trinajstić information content (AvgIpc) is 3.11. The van der Waals surface area contributed by atoms with Gasteiger partial charge in [-0.3, -0.25) is 0 Å². The van der Waals surface area contributed by atoms with Crippen LogP contribution in [0, 0.1) is 4.77 Å². The van der Waals surface area contributed by atoms with Crippen molar-refractivity contribution in [1.82, 2.24) is 14.9 Å². The molecule has 28 heavy (non-hydrogen) atoms. The van der Waals surface area contributed by atoms with Crippen LogP contribution in [0.15, 0.2) is 41.5 Å². The number of aromatic amines is 1. The Morgan fingerprint density at radius 3 is 2.39 bits per heavy atom. The van der Waals surface area contributed by atoms with E-state index in [1.165, 1.54) is 4.68 Å². The summed E-state index contributed by atoms with van der Waals surface area (Å²) in [6.07, 6.45) is 1.64. The number of hydrogen-bond acceptors (Lipinski definition) is 7. The van der Waals surface area contributed by atoms with Gasteiger partial charge in [0, 0.05) is 11.1 Å². The molecule has 0 unspecified atom stereocenters. The predicted molar refractivity (Wildman–Crippen MR) is 108 cm³/mol. The molecule has 146 valence electrons. The second-order valence-electron chi connectivity index (χ2n) is 5.56. The summed E-state index contributed by atoms with van der Waals surface area (Å²) in [5.74, 6) is 2.93. The van der Waals surface area contributed by atoms with E-state index >= 15 is 0 Å². The monoisotopic (exact) mass is 400 g/mol. The molecule has 0 aliphatic carbocycles. The molecule has 1 aromatic heterocycles. The summed E-state index contributed by atoms with van der Waals surface area (Å²) in [5, 5.41) is 11.5. The first-order valence-corrected chi connectivity index (χ1v) is 8.69. The number of rotatable bonds is 7. The molecule has 0 spiro atoms. The fourth-order valence-corrected chi connectivity index (χ4v) is 2.87. The summed E-state index contributed by atoms with van der Waals surface area (Å²) in [4.78, 5) is 0. The van der Waals surface area contributed by atoms with Crippen molar-refractivity contribution in [3.8, 4) is 34.4 Å². The van der Waals surface area contributed by atoms with Crippen LogP contribution in [0.4, 0.5) is 0 Å². The van der Waals surface area contributed by atoms with Gasteiger partial charge in [0.05, 0.1) is 34.7 Å². The largest absolute Gasteiger partial charge is 0.493 e. The Hall–Kier alpha value is -3.33. The summed E-state index contributed by atoms with van der Waals surface area (Å²) in [7, 11) is 6.32. The third kappa shape index (κ3) is 3.70. The van der Waals surface area contributed by atoms with Crippen molar-refractivity contribution in [3.63, 3.8) is 0 Å². The van der Waals surface area contributed by atoms with Crippen molar-refractivity contribution in [3.05, 3.63) is 46.7 Å². The van der Waals surface area contributed by atoms with E-state index < -0.39 is 0 Å². The molecule has 9 heteroatoms. The summed E-state index contributed by atoms with van der Waals surface area (Å²) in [6.45, 7) is 0. The SMILES string of the molecule is COc1ccc(-c2n[nH]c(=S)n2/N=C\c2cccc(OC)c2OC)cc1OC. The maximum absolute atomic E-state index is 5.43. The zero-order valence-electron chi connectivity index (χ0n) is 15.9. The lowest BCUT2D eigenvalue weighted by Crippen LogP contribution is -1.99. The molecule has 0 aliphatic heterocycles. The van der Waals surface area contributed by atoms with Crippen molar-refractivity contribution in [2.24, 2.45) is 5.10 Å². The number of aromatic nitrogens is 3. The lowest BCUT2D eigenvalue weighted by atomic mass is 10.2. The van der Waals surface area contributed by atoms with Crippen LogP contribution >= 0.6 is 12.2 Å². The van der Waals surface area contributed by atoms with E-state index in [0.717, 1.165) is 11.1 Å². The predicted octanol–water partition coefficient (Wildman–Crippen LogP) is 3.52. The highest BCUT2D eigenvalue weighted by Crippen LogP contribution is 2.32. The molecule has 0 saturated heterocycles. The number of nitrogens with zero attached hydrogens (tertiary/aromatic N) is 3. The number of benzene rings is 2. The second kappa shape index (κ2) is 8.57. The molecule has 3 rings (SSSR count). The van der Waals surface area contributed by atoms with Gasteiger partial charge in [-0.2, -0.15) is 14.9 Å². The molecule has 0 amide bonds. The third-order valence-corrected chi connectivity index (χ3v) is 4.30. The minimum Gasteiger partial charge on any atom is -0.493 e. The smallest absolute Gasteiger partial charge is 0.216 e. The first-order valence-electron chi connectivity index (χ1n) is 8.28. The van der Waals surface area contributed by atoms with Gasteiger partial charge in [-0.25, -0.2) is 5.10 Å². The molecule has 8 nitrogen and oxygen atoms in total. The first kappa shape index (κ1) is 19.4. The number of hydrogen-bond donors (Lipinski definition) is 1. The highest BCUT2D eigenvalue weighted by molar-refractivity contribution is 7.71. The van der Waals surface area contributed by atoms with Crippen LogP contribution in [0.2, 0.25) is 0 Å². The number of H-pyrrole nitrogens is 1. The summed E-state index contributed by atoms with van der Waals surface area (Å²) in [5.41, 5.74) is 1.50. The topological polar surface area (TPSA) is 82.9 Å². The standard InChI is InChI=1S/C19H20N4O4S/c1-24-14-9-8-12(10-16(14)26-3)18-21-22-19(28)23(18)20-11-13-6-5-7-15(25-2)17(13)27-4/h5-11H,1-4H3,(H,22,28)/b20-11-. The van der Waals surface area contributed by atoms with Gasteiger partial charge in [-0.05, 0) is 42.5 Å². The number of nitrogens with one attached hydrogen (secondary N) is 1. The Labute approximate surface area is 167 Å². The minimum absolute atomic E-state index is 0.350. The Kier molecular flexibility index (Phi) is 5.95. The Morgan fingerprint density at radius 1 is 0.964 bits per heavy atom. The highest BCUT2D eigenvalue weighted by Gasteiger charge is 2.13. The molecule has 0 bridgehead atoms. The van der Waals surface area contributed by atoms with Gasteiger partial charge < -0.3 is 18.9 Å². The normalized spacial score (nSPS) is 10.9. The molecule has 0 saturated carbocycles. The van der Waals surface area contributed by atoms with Crippen LogP contribution in [0.5, 0.6) is 23.0 Å². The fourth-order valence-electron chi connectivity index (χ4n) is 2.69. The van der Waals surface area contributed by atoms with Gasteiger partial charge in [0.15, 0.2) is 28.8 Å². The van der Waals surface area contributed by atoms with Crippen LogP contribution < -0.4 is 18.9 Å². The zero-order valence-corrected chi connectivity index (χ0v) is 16.7. The van der Waals surface area contributed by atoms with E-state index in [0.29, 0.717) is 33.6 Å². The zero-order chi connectivity index (χ0) is 20.1. The third-order valence-electron chi connectivity index (χ3n) is 4.04. The van der Waals surface area contributed by atoms with Crippen molar-refractivity contribution in [1.29, 1.82) is 0 Å². The van der Waals surface area contributed by atoms with Gasteiger partial charge in [-0.1, -0.05) is 6.07 Å². The van der Waals surface area contributed by atoms with Gasteiger partial charge in [0.1, 0.15) is 0 Å². The van der Waals surface area contributed by atoms with Crippen molar-refractivity contribution < 1.29 is 18.9 Å². The summed E-state index contributed by atoms with van der Waals surface area (Å²) in [6, 6.07) is 11.0. The molecule has 2 aromatic carbocycles. The van der Waals surface area contributed by atoms with Crippen LogP contribution in [-0.4, -0.2) is 49.5 Å².